The molecular formula is C21H18N2O5S. The highest BCUT2D eigenvalue weighted by molar-refractivity contribution is 7.91. The Kier molecular flexibility index (Phi) is 4.85. The van der Waals surface area contributed by atoms with Crippen LogP contribution in [0.4, 0.5) is 11.4 Å². The van der Waals surface area contributed by atoms with Gasteiger partial charge in [0, 0.05) is 5.69 Å². The third-order valence-corrected chi connectivity index (χ3v) is 5.63. The Morgan fingerprint density at radius 3 is 2.52 bits per heavy atom. The summed E-state index contributed by atoms with van der Waals surface area (Å²) in [7, 11) is -2.13. The fraction of sp³-hybridized carbons (Fsp3) is 0.0952. The second-order valence-corrected chi connectivity index (χ2v) is 8.19. The van der Waals surface area contributed by atoms with Crippen molar-refractivity contribution in [1.29, 1.82) is 0 Å². The van der Waals surface area contributed by atoms with E-state index in [1.54, 1.807) is 67.8 Å². The van der Waals surface area contributed by atoms with Crippen molar-refractivity contribution in [2.75, 3.05) is 17.1 Å². The number of hydrogen-bond donors (Lipinski definition) is 2. The number of benzene rings is 3. The molecule has 1 heterocycles. The maximum Gasteiger partial charge on any atom is 0.259 e. The van der Waals surface area contributed by atoms with E-state index < -0.39 is 10.0 Å². The number of para-hydroxylation sites is 2. The number of ether oxygens (including phenoxy) is 2. The van der Waals surface area contributed by atoms with Crippen molar-refractivity contribution >= 4 is 27.3 Å². The maximum absolute atomic E-state index is 12.6. The molecule has 0 radical (unpaired) electrons. The first-order valence-electron chi connectivity index (χ1n) is 8.79. The monoisotopic (exact) mass is 410 g/mol. The van der Waals surface area contributed by atoms with Gasteiger partial charge >= 0.3 is 0 Å². The van der Waals surface area contributed by atoms with Gasteiger partial charge in [0.2, 0.25) is 10.0 Å². The quantitative estimate of drug-likeness (QED) is 0.663. The molecule has 1 amide bonds. The van der Waals surface area contributed by atoms with Crippen LogP contribution in [-0.2, 0) is 15.8 Å². The molecule has 0 aliphatic carbocycles. The molecule has 0 atom stereocenters. The van der Waals surface area contributed by atoms with Gasteiger partial charge in [-0.15, -0.1) is 0 Å². The van der Waals surface area contributed by atoms with E-state index in [9.17, 15) is 13.2 Å². The van der Waals surface area contributed by atoms with Gasteiger partial charge in [0.15, 0.2) is 5.75 Å². The number of anilines is 2. The van der Waals surface area contributed by atoms with Crippen LogP contribution < -0.4 is 19.5 Å². The van der Waals surface area contributed by atoms with E-state index in [1.807, 2.05) is 0 Å². The van der Waals surface area contributed by atoms with Crippen molar-refractivity contribution in [3.63, 3.8) is 0 Å². The van der Waals surface area contributed by atoms with E-state index in [2.05, 4.69) is 10.0 Å². The van der Waals surface area contributed by atoms with Crippen molar-refractivity contribution in [3.8, 4) is 17.2 Å². The largest absolute Gasteiger partial charge is 0.497 e. The average molecular weight is 410 g/mol. The SMILES string of the molecule is COc1ccc(CS(=O)(=O)Nc2ccc3c(c2)C(=O)Nc2ccccc2O3)cc1. The summed E-state index contributed by atoms with van der Waals surface area (Å²) in [5.41, 5.74) is 1.69. The van der Waals surface area contributed by atoms with E-state index in [0.717, 1.165) is 0 Å². The molecule has 7 nitrogen and oxygen atoms in total. The molecule has 8 heteroatoms. The van der Waals surface area contributed by atoms with E-state index in [0.29, 0.717) is 28.5 Å². The minimum Gasteiger partial charge on any atom is -0.497 e. The Morgan fingerprint density at radius 1 is 1.00 bits per heavy atom. The molecule has 0 saturated carbocycles. The summed E-state index contributed by atoms with van der Waals surface area (Å²) < 4.78 is 38.5. The Hall–Kier alpha value is -3.52. The first kappa shape index (κ1) is 18.8. The molecule has 1 aliphatic heterocycles. The number of carbonyl (C=O) groups is 1. The summed E-state index contributed by atoms with van der Waals surface area (Å²) in [5, 5.41) is 2.77. The highest BCUT2D eigenvalue weighted by atomic mass is 32.2. The van der Waals surface area contributed by atoms with Crippen molar-refractivity contribution < 1.29 is 22.7 Å². The standard InChI is InChI=1S/C21H18N2O5S/c1-27-16-9-6-14(7-10-16)13-29(25,26)23-15-8-11-19-17(12-15)21(24)22-18-4-2-3-5-20(18)28-19/h2-12,23H,13H2,1H3,(H,22,24). The molecule has 2 N–H and O–H groups in total. The molecule has 0 spiro atoms. The van der Waals surface area contributed by atoms with Crippen LogP contribution in [-0.4, -0.2) is 21.4 Å². The fourth-order valence-corrected chi connectivity index (χ4v) is 4.17. The Morgan fingerprint density at radius 2 is 1.76 bits per heavy atom. The molecule has 3 aromatic rings. The number of nitrogens with one attached hydrogen (secondary N) is 2. The van der Waals surface area contributed by atoms with Gasteiger partial charge in [-0.3, -0.25) is 9.52 Å². The normalized spacial score (nSPS) is 12.7. The van der Waals surface area contributed by atoms with Crippen LogP contribution in [0.15, 0.2) is 66.7 Å². The lowest BCUT2D eigenvalue weighted by Gasteiger charge is -2.11. The number of sulfonamides is 1. The van der Waals surface area contributed by atoms with Gasteiger partial charge in [0.25, 0.3) is 5.91 Å². The highest BCUT2D eigenvalue weighted by Crippen LogP contribution is 2.36. The Labute approximate surface area is 168 Å². The lowest BCUT2D eigenvalue weighted by Crippen LogP contribution is -2.16. The lowest BCUT2D eigenvalue weighted by atomic mass is 10.1. The summed E-state index contributed by atoms with van der Waals surface area (Å²) >= 11 is 0. The van der Waals surface area contributed by atoms with Crippen LogP contribution in [0.3, 0.4) is 0 Å². The molecule has 29 heavy (non-hydrogen) atoms. The minimum absolute atomic E-state index is 0.206. The molecule has 0 unspecified atom stereocenters. The number of amides is 1. The summed E-state index contributed by atoms with van der Waals surface area (Å²) in [4.78, 5) is 12.6. The topological polar surface area (TPSA) is 93.7 Å². The minimum atomic E-state index is -3.68. The third-order valence-electron chi connectivity index (χ3n) is 4.37. The number of carbonyl (C=O) groups excluding carboxylic acids is 1. The highest BCUT2D eigenvalue weighted by Gasteiger charge is 2.22. The molecule has 3 aromatic carbocycles. The van der Waals surface area contributed by atoms with Crippen LogP contribution in [0.1, 0.15) is 15.9 Å². The first-order valence-corrected chi connectivity index (χ1v) is 10.4. The van der Waals surface area contributed by atoms with E-state index in [4.69, 9.17) is 9.47 Å². The van der Waals surface area contributed by atoms with Gasteiger partial charge in [-0.2, -0.15) is 0 Å². The smallest absolute Gasteiger partial charge is 0.259 e. The predicted octanol–water partition coefficient (Wildman–Crippen LogP) is 4.00. The van der Waals surface area contributed by atoms with Gasteiger partial charge in [-0.05, 0) is 48.0 Å². The van der Waals surface area contributed by atoms with Crippen LogP contribution in [0.5, 0.6) is 17.2 Å². The van der Waals surface area contributed by atoms with Gasteiger partial charge < -0.3 is 14.8 Å². The fourth-order valence-electron chi connectivity index (χ4n) is 2.98. The molecule has 0 fully saturated rings. The number of fused-ring (bicyclic) bond motifs is 2. The van der Waals surface area contributed by atoms with E-state index >= 15 is 0 Å². The van der Waals surface area contributed by atoms with Crippen LogP contribution in [0.25, 0.3) is 0 Å². The first-order chi connectivity index (χ1) is 13.9. The maximum atomic E-state index is 12.6. The molecule has 1 aliphatic rings. The zero-order chi connectivity index (χ0) is 20.4. The molecular weight excluding hydrogens is 392 g/mol. The average Bonchev–Trinajstić information content (AvgIpc) is 2.84. The van der Waals surface area contributed by atoms with Gasteiger partial charge in [-0.1, -0.05) is 24.3 Å². The Balaban J connectivity index is 1.55. The number of hydrogen-bond acceptors (Lipinski definition) is 5. The van der Waals surface area contributed by atoms with Crippen molar-refractivity contribution in [3.05, 3.63) is 77.9 Å². The van der Waals surface area contributed by atoms with E-state index in [-0.39, 0.29) is 22.9 Å². The number of rotatable bonds is 5. The zero-order valence-electron chi connectivity index (χ0n) is 15.5. The van der Waals surface area contributed by atoms with Gasteiger partial charge in [0.05, 0.1) is 24.1 Å². The van der Waals surface area contributed by atoms with Gasteiger partial charge in [0.1, 0.15) is 11.5 Å². The molecule has 148 valence electrons. The van der Waals surface area contributed by atoms with Crippen LogP contribution >= 0.6 is 0 Å². The van der Waals surface area contributed by atoms with Crippen LogP contribution in [0, 0.1) is 0 Å². The lowest BCUT2D eigenvalue weighted by molar-refractivity contribution is 0.102. The summed E-state index contributed by atoms with van der Waals surface area (Å²) in [6.07, 6.45) is 0. The second kappa shape index (κ2) is 7.48. The van der Waals surface area contributed by atoms with Gasteiger partial charge in [-0.25, -0.2) is 8.42 Å². The summed E-state index contributed by atoms with van der Waals surface area (Å²) in [5.74, 6) is 0.943. The Bertz CT molecular complexity index is 1170. The number of methoxy groups -OCH3 is 1. The molecule has 0 saturated heterocycles. The second-order valence-electron chi connectivity index (χ2n) is 6.47. The molecule has 0 bridgehead atoms. The molecule has 0 aromatic heterocycles. The zero-order valence-corrected chi connectivity index (χ0v) is 16.3. The van der Waals surface area contributed by atoms with Crippen LogP contribution in [0.2, 0.25) is 0 Å². The predicted molar refractivity (Wildman–Crippen MR) is 110 cm³/mol. The summed E-state index contributed by atoms with van der Waals surface area (Å²) in [6.45, 7) is 0. The van der Waals surface area contributed by atoms with Crippen molar-refractivity contribution in [2.24, 2.45) is 0 Å². The van der Waals surface area contributed by atoms with Crippen molar-refractivity contribution in [2.45, 2.75) is 5.75 Å². The molecule has 4 rings (SSSR count). The summed E-state index contributed by atoms with van der Waals surface area (Å²) in [6, 6.07) is 18.4. The third kappa shape index (κ3) is 4.17. The van der Waals surface area contributed by atoms with E-state index in [1.165, 1.54) is 6.07 Å². The van der Waals surface area contributed by atoms with Crippen molar-refractivity contribution in [1.82, 2.24) is 0 Å².